The molecule has 0 bridgehead atoms. The highest BCUT2D eigenvalue weighted by Crippen LogP contribution is 2.15. The standard InChI is InChI=1S/C10H17N3O2/c1-10(4-5-11-6-10)13-9(15)7-2-3-8(14)12-7/h7,11H,2-6H2,1H3,(H,12,14)(H,13,15)/t7-,10?/m0/s1. The maximum Gasteiger partial charge on any atom is 0.243 e. The van der Waals surface area contributed by atoms with Gasteiger partial charge in [-0.05, 0) is 26.3 Å². The van der Waals surface area contributed by atoms with Crippen molar-refractivity contribution in [3.8, 4) is 0 Å². The number of hydrogen-bond acceptors (Lipinski definition) is 3. The average Bonchev–Trinajstić information content (AvgIpc) is 2.75. The van der Waals surface area contributed by atoms with Crippen molar-refractivity contribution in [3.05, 3.63) is 0 Å². The first-order chi connectivity index (χ1) is 7.09. The number of rotatable bonds is 2. The van der Waals surface area contributed by atoms with Crippen LogP contribution in [0, 0.1) is 0 Å². The molecule has 3 N–H and O–H groups in total. The van der Waals surface area contributed by atoms with Gasteiger partial charge in [-0.15, -0.1) is 0 Å². The zero-order valence-electron chi connectivity index (χ0n) is 8.93. The molecule has 2 aliphatic heterocycles. The lowest BCUT2D eigenvalue weighted by atomic mass is 10.0. The van der Waals surface area contributed by atoms with Gasteiger partial charge in [-0.25, -0.2) is 0 Å². The maximum atomic E-state index is 11.8. The third-order valence-corrected chi connectivity index (χ3v) is 3.11. The van der Waals surface area contributed by atoms with E-state index < -0.39 is 0 Å². The first-order valence-corrected chi connectivity index (χ1v) is 5.41. The lowest BCUT2D eigenvalue weighted by Gasteiger charge is -2.26. The second-order valence-electron chi connectivity index (χ2n) is 4.64. The molecule has 2 aliphatic rings. The van der Waals surface area contributed by atoms with Crippen LogP contribution in [0.25, 0.3) is 0 Å². The molecule has 0 radical (unpaired) electrons. The van der Waals surface area contributed by atoms with E-state index >= 15 is 0 Å². The van der Waals surface area contributed by atoms with Crippen LogP contribution < -0.4 is 16.0 Å². The van der Waals surface area contributed by atoms with Crippen molar-refractivity contribution in [2.45, 2.75) is 37.8 Å². The number of carbonyl (C=O) groups excluding carboxylic acids is 2. The predicted octanol–water partition coefficient (Wildman–Crippen LogP) is -0.867. The summed E-state index contributed by atoms with van der Waals surface area (Å²) in [6.07, 6.45) is 2.03. The van der Waals surface area contributed by atoms with Crippen molar-refractivity contribution < 1.29 is 9.59 Å². The van der Waals surface area contributed by atoms with Gasteiger partial charge in [0.1, 0.15) is 6.04 Å². The molecule has 0 aromatic heterocycles. The van der Waals surface area contributed by atoms with Crippen LogP contribution >= 0.6 is 0 Å². The minimum absolute atomic E-state index is 0.0233. The first-order valence-electron chi connectivity index (χ1n) is 5.41. The van der Waals surface area contributed by atoms with E-state index in [1.807, 2.05) is 6.92 Å². The van der Waals surface area contributed by atoms with Gasteiger partial charge in [0.15, 0.2) is 0 Å². The van der Waals surface area contributed by atoms with Gasteiger partial charge in [0, 0.05) is 13.0 Å². The van der Waals surface area contributed by atoms with Crippen LogP contribution in [0.15, 0.2) is 0 Å². The van der Waals surface area contributed by atoms with Gasteiger partial charge in [0.2, 0.25) is 11.8 Å². The largest absolute Gasteiger partial charge is 0.348 e. The Morgan fingerprint density at radius 1 is 1.60 bits per heavy atom. The minimum Gasteiger partial charge on any atom is -0.348 e. The van der Waals surface area contributed by atoms with Gasteiger partial charge in [-0.2, -0.15) is 0 Å². The van der Waals surface area contributed by atoms with Gasteiger partial charge in [-0.3, -0.25) is 9.59 Å². The molecule has 5 heteroatoms. The van der Waals surface area contributed by atoms with E-state index in [9.17, 15) is 9.59 Å². The van der Waals surface area contributed by atoms with E-state index in [1.54, 1.807) is 0 Å². The summed E-state index contributed by atoms with van der Waals surface area (Å²) >= 11 is 0. The lowest BCUT2D eigenvalue weighted by molar-refractivity contribution is -0.126. The van der Waals surface area contributed by atoms with Crippen LogP contribution in [-0.4, -0.2) is 36.5 Å². The molecular weight excluding hydrogens is 194 g/mol. The summed E-state index contributed by atoms with van der Waals surface area (Å²) in [5.41, 5.74) is -0.148. The van der Waals surface area contributed by atoms with E-state index in [1.165, 1.54) is 0 Å². The Bertz CT molecular complexity index is 284. The normalized spacial score (nSPS) is 35.3. The molecule has 2 saturated heterocycles. The van der Waals surface area contributed by atoms with E-state index in [2.05, 4.69) is 16.0 Å². The Morgan fingerprint density at radius 2 is 2.40 bits per heavy atom. The highest BCUT2D eigenvalue weighted by molar-refractivity contribution is 5.91. The molecule has 0 spiro atoms. The van der Waals surface area contributed by atoms with Crippen LogP contribution in [0.2, 0.25) is 0 Å². The third kappa shape index (κ3) is 2.28. The highest BCUT2D eigenvalue weighted by atomic mass is 16.2. The fourth-order valence-electron chi connectivity index (χ4n) is 2.12. The summed E-state index contributed by atoms with van der Waals surface area (Å²) in [5, 5.41) is 8.89. The van der Waals surface area contributed by atoms with Gasteiger partial charge in [0.25, 0.3) is 0 Å². The zero-order chi connectivity index (χ0) is 10.9. The molecule has 2 amide bonds. The Morgan fingerprint density at radius 3 is 2.93 bits per heavy atom. The van der Waals surface area contributed by atoms with Crippen LogP contribution in [0.1, 0.15) is 26.2 Å². The van der Waals surface area contributed by atoms with Crippen molar-refractivity contribution in [1.29, 1.82) is 0 Å². The van der Waals surface area contributed by atoms with Gasteiger partial charge < -0.3 is 16.0 Å². The monoisotopic (exact) mass is 211 g/mol. The molecule has 0 saturated carbocycles. The fraction of sp³-hybridized carbons (Fsp3) is 0.800. The summed E-state index contributed by atoms with van der Waals surface area (Å²) in [6.45, 7) is 3.77. The summed E-state index contributed by atoms with van der Waals surface area (Å²) in [7, 11) is 0. The Labute approximate surface area is 89.0 Å². The van der Waals surface area contributed by atoms with E-state index in [0.29, 0.717) is 12.8 Å². The van der Waals surface area contributed by atoms with Crippen molar-refractivity contribution in [3.63, 3.8) is 0 Å². The zero-order valence-corrected chi connectivity index (χ0v) is 8.93. The fourth-order valence-corrected chi connectivity index (χ4v) is 2.12. The van der Waals surface area contributed by atoms with Crippen molar-refractivity contribution in [2.24, 2.45) is 0 Å². The molecule has 5 nitrogen and oxygen atoms in total. The average molecular weight is 211 g/mol. The molecule has 2 fully saturated rings. The molecule has 2 rings (SSSR count). The van der Waals surface area contributed by atoms with E-state index in [-0.39, 0.29) is 23.4 Å². The summed E-state index contributed by atoms with van der Waals surface area (Å²) < 4.78 is 0. The molecule has 0 aliphatic carbocycles. The van der Waals surface area contributed by atoms with Gasteiger partial charge in [0.05, 0.1) is 5.54 Å². The Hall–Kier alpha value is -1.10. The second kappa shape index (κ2) is 3.81. The summed E-state index contributed by atoms with van der Waals surface area (Å²) in [4.78, 5) is 22.8. The number of amides is 2. The molecule has 84 valence electrons. The van der Waals surface area contributed by atoms with E-state index in [0.717, 1.165) is 19.5 Å². The maximum absolute atomic E-state index is 11.8. The van der Waals surface area contributed by atoms with Crippen LogP contribution in [-0.2, 0) is 9.59 Å². The first kappa shape index (κ1) is 10.4. The molecule has 0 aromatic rings. The van der Waals surface area contributed by atoms with Gasteiger partial charge in [-0.1, -0.05) is 0 Å². The summed E-state index contributed by atoms with van der Waals surface area (Å²) in [6, 6.07) is -0.324. The smallest absolute Gasteiger partial charge is 0.243 e. The summed E-state index contributed by atoms with van der Waals surface area (Å²) in [5.74, 6) is -0.0723. The van der Waals surface area contributed by atoms with E-state index in [4.69, 9.17) is 0 Å². The van der Waals surface area contributed by atoms with Gasteiger partial charge >= 0.3 is 0 Å². The number of carbonyl (C=O) groups is 2. The quantitative estimate of drug-likeness (QED) is 0.556. The molecular formula is C10H17N3O2. The molecule has 2 heterocycles. The lowest BCUT2D eigenvalue weighted by Crippen LogP contribution is -2.53. The number of hydrogen-bond donors (Lipinski definition) is 3. The minimum atomic E-state index is -0.324. The van der Waals surface area contributed by atoms with Crippen molar-refractivity contribution in [1.82, 2.24) is 16.0 Å². The molecule has 1 unspecified atom stereocenters. The van der Waals surface area contributed by atoms with Crippen LogP contribution in [0.5, 0.6) is 0 Å². The molecule has 15 heavy (non-hydrogen) atoms. The molecule has 0 aromatic carbocycles. The third-order valence-electron chi connectivity index (χ3n) is 3.11. The van der Waals surface area contributed by atoms with Crippen LogP contribution in [0.4, 0.5) is 0 Å². The highest BCUT2D eigenvalue weighted by Gasteiger charge is 2.34. The van der Waals surface area contributed by atoms with Crippen molar-refractivity contribution in [2.75, 3.05) is 13.1 Å². The number of nitrogens with one attached hydrogen (secondary N) is 3. The second-order valence-corrected chi connectivity index (χ2v) is 4.64. The molecule has 2 atom stereocenters. The predicted molar refractivity (Wildman–Crippen MR) is 55.2 cm³/mol. The Balaban J connectivity index is 1.89. The topological polar surface area (TPSA) is 70.2 Å². The van der Waals surface area contributed by atoms with Crippen LogP contribution in [0.3, 0.4) is 0 Å². The Kier molecular flexibility index (Phi) is 2.65. The van der Waals surface area contributed by atoms with Crippen molar-refractivity contribution >= 4 is 11.8 Å². The SMILES string of the molecule is CC1(NC(=O)[C@@H]2CCC(=O)N2)CCNC1.